The van der Waals surface area contributed by atoms with E-state index in [1.54, 1.807) is 24.3 Å². The number of fused-ring (bicyclic) bond motifs is 1. The number of hydrogen-bond acceptors (Lipinski definition) is 2. The maximum Gasteiger partial charge on any atom is 0.314 e. The van der Waals surface area contributed by atoms with Gasteiger partial charge in [-0.05, 0) is 12.1 Å². The zero-order valence-corrected chi connectivity index (χ0v) is 10.1. The summed E-state index contributed by atoms with van der Waals surface area (Å²) in [4.78, 5) is 26.6. The summed E-state index contributed by atoms with van der Waals surface area (Å²) >= 11 is 0. The second-order valence-corrected chi connectivity index (χ2v) is 2.45. The smallest absolute Gasteiger partial charge is 0.314 e. The lowest BCUT2D eigenvalue weighted by Gasteiger charge is -1.93. The van der Waals surface area contributed by atoms with Gasteiger partial charge >= 0.3 is 11.1 Å². The lowest BCUT2D eigenvalue weighted by molar-refractivity contribution is 1.15. The monoisotopic (exact) mass is 222 g/mol. The standard InChI is InChI=1S/C8H6N2O2.2C2H6/c11-7-8(12)10-6-4-2-1-3-5(6)9-7;2*1-2/h1-4H,(H,9,11)(H,10,12);2*1-2H3. The van der Waals surface area contributed by atoms with Gasteiger partial charge in [0.2, 0.25) is 0 Å². The van der Waals surface area contributed by atoms with Gasteiger partial charge in [0.05, 0.1) is 11.0 Å². The van der Waals surface area contributed by atoms with E-state index in [0.717, 1.165) is 0 Å². The predicted molar refractivity (Wildman–Crippen MR) is 67.9 cm³/mol. The molecule has 1 aromatic heterocycles. The second-order valence-electron chi connectivity index (χ2n) is 2.45. The van der Waals surface area contributed by atoms with Gasteiger partial charge in [0.25, 0.3) is 0 Å². The van der Waals surface area contributed by atoms with E-state index < -0.39 is 11.1 Å². The Labute approximate surface area is 94.3 Å². The molecule has 1 heterocycles. The number of benzene rings is 1. The normalized spacial score (nSPS) is 8.50. The molecule has 0 aliphatic rings. The van der Waals surface area contributed by atoms with Gasteiger partial charge in [-0.25, -0.2) is 0 Å². The molecule has 0 amide bonds. The van der Waals surface area contributed by atoms with Crippen LogP contribution < -0.4 is 11.1 Å². The average Bonchev–Trinajstić information content (AvgIpc) is 2.36. The third-order valence-electron chi connectivity index (χ3n) is 1.63. The van der Waals surface area contributed by atoms with E-state index in [-0.39, 0.29) is 0 Å². The first-order chi connectivity index (χ1) is 7.77. The van der Waals surface area contributed by atoms with Crippen LogP contribution in [0.4, 0.5) is 0 Å². The Morgan fingerprint density at radius 1 is 0.750 bits per heavy atom. The minimum atomic E-state index is -0.617. The molecule has 0 saturated heterocycles. The number of rotatable bonds is 0. The molecule has 88 valence electrons. The van der Waals surface area contributed by atoms with Crippen molar-refractivity contribution in [3.05, 3.63) is 45.0 Å². The van der Waals surface area contributed by atoms with Gasteiger partial charge in [0.15, 0.2) is 0 Å². The molecule has 4 heteroatoms. The number of aromatic nitrogens is 2. The predicted octanol–water partition coefficient (Wildman–Crippen LogP) is 2.27. The molecule has 0 atom stereocenters. The number of para-hydroxylation sites is 2. The molecule has 0 fully saturated rings. The molecule has 16 heavy (non-hydrogen) atoms. The highest BCUT2D eigenvalue weighted by atomic mass is 16.2. The number of aromatic amines is 2. The molecule has 4 nitrogen and oxygen atoms in total. The van der Waals surface area contributed by atoms with Crippen molar-refractivity contribution in [3.63, 3.8) is 0 Å². The minimum absolute atomic E-state index is 0.617. The van der Waals surface area contributed by atoms with Gasteiger partial charge in [-0.2, -0.15) is 0 Å². The summed E-state index contributed by atoms with van der Waals surface area (Å²) in [5.74, 6) is 0. The molecule has 0 radical (unpaired) electrons. The van der Waals surface area contributed by atoms with E-state index in [2.05, 4.69) is 9.97 Å². The lowest BCUT2D eigenvalue weighted by atomic mass is 10.3. The quantitative estimate of drug-likeness (QED) is 0.671. The fourth-order valence-corrected chi connectivity index (χ4v) is 1.06. The highest BCUT2D eigenvalue weighted by Crippen LogP contribution is 2.01. The maximum atomic E-state index is 10.8. The van der Waals surface area contributed by atoms with Crippen LogP contribution in [0, 0.1) is 0 Å². The zero-order valence-electron chi connectivity index (χ0n) is 10.1. The number of hydrogen-bond donors (Lipinski definition) is 2. The Morgan fingerprint density at radius 3 is 1.38 bits per heavy atom. The van der Waals surface area contributed by atoms with Crippen molar-refractivity contribution < 1.29 is 0 Å². The van der Waals surface area contributed by atoms with Gasteiger partial charge in [-0.15, -0.1) is 0 Å². The third-order valence-corrected chi connectivity index (χ3v) is 1.63. The van der Waals surface area contributed by atoms with E-state index in [9.17, 15) is 9.59 Å². The van der Waals surface area contributed by atoms with Crippen LogP contribution in [-0.4, -0.2) is 9.97 Å². The van der Waals surface area contributed by atoms with Crippen molar-refractivity contribution in [3.8, 4) is 0 Å². The molecule has 0 spiro atoms. The van der Waals surface area contributed by atoms with Gasteiger partial charge in [-0.1, -0.05) is 39.8 Å². The molecule has 0 aliphatic carbocycles. The van der Waals surface area contributed by atoms with Crippen LogP contribution in [0.15, 0.2) is 33.9 Å². The van der Waals surface area contributed by atoms with Crippen molar-refractivity contribution in [2.45, 2.75) is 27.7 Å². The molecular weight excluding hydrogens is 204 g/mol. The van der Waals surface area contributed by atoms with Crippen molar-refractivity contribution in [1.29, 1.82) is 0 Å². The summed E-state index contributed by atoms with van der Waals surface area (Å²) in [6, 6.07) is 7.03. The Kier molecular flexibility index (Phi) is 6.59. The Hall–Kier alpha value is -1.84. The van der Waals surface area contributed by atoms with Crippen molar-refractivity contribution in [2.75, 3.05) is 0 Å². The van der Waals surface area contributed by atoms with Crippen LogP contribution in [0.5, 0.6) is 0 Å². The third kappa shape index (κ3) is 3.38. The van der Waals surface area contributed by atoms with Gasteiger partial charge in [0, 0.05) is 0 Å². The molecule has 0 bridgehead atoms. The lowest BCUT2D eigenvalue weighted by Crippen LogP contribution is -2.28. The van der Waals surface area contributed by atoms with Gasteiger partial charge in [-0.3, -0.25) is 9.59 Å². The molecule has 1 aromatic carbocycles. The van der Waals surface area contributed by atoms with E-state index in [1.165, 1.54) is 0 Å². The van der Waals surface area contributed by atoms with E-state index in [1.807, 2.05) is 27.7 Å². The Bertz CT molecular complexity index is 478. The summed E-state index contributed by atoms with van der Waals surface area (Å²) in [7, 11) is 0. The minimum Gasteiger partial charge on any atom is -0.316 e. The van der Waals surface area contributed by atoms with E-state index >= 15 is 0 Å². The van der Waals surface area contributed by atoms with Crippen molar-refractivity contribution in [2.24, 2.45) is 0 Å². The summed E-state index contributed by atoms with van der Waals surface area (Å²) < 4.78 is 0. The first-order valence-electron chi connectivity index (χ1n) is 5.49. The average molecular weight is 222 g/mol. The summed E-state index contributed by atoms with van der Waals surface area (Å²) in [6.07, 6.45) is 0. The van der Waals surface area contributed by atoms with Gasteiger partial charge < -0.3 is 9.97 Å². The van der Waals surface area contributed by atoms with Crippen LogP contribution in [0.25, 0.3) is 11.0 Å². The number of nitrogens with one attached hydrogen (secondary N) is 2. The first kappa shape index (κ1) is 14.2. The molecular formula is C12H18N2O2. The topological polar surface area (TPSA) is 65.7 Å². The molecule has 0 saturated carbocycles. The fourth-order valence-electron chi connectivity index (χ4n) is 1.06. The summed E-state index contributed by atoms with van der Waals surface area (Å²) in [6.45, 7) is 8.00. The van der Waals surface area contributed by atoms with Crippen LogP contribution in [-0.2, 0) is 0 Å². The van der Waals surface area contributed by atoms with E-state index in [4.69, 9.17) is 0 Å². The van der Waals surface area contributed by atoms with Crippen LogP contribution in [0.2, 0.25) is 0 Å². The first-order valence-corrected chi connectivity index (χ1v) is 5.49. The van der Waals surface area contributed by atoms with Crippen LogP contribution in [0.3, 0.4) is 0 Å². The molecule has 2 rings (SSSR count). The van der Waals surface area contributed by atoms with Crippen molar-refractivity contribution >= 4 is 11.0 Å². The highest BCUT2D eigenvalue weighted by Gasteiger charge is 1.95. The second kappa shape index (κ2) is 7.45. The van der Waals surface area contributed by atoms with Crippen molar-refractivity contribution in [1.82, 2.24) is 9.97 Å². The summed E-state index contributed by atoms with van der Waals surface area (Å²) in [5, 5.41) is 0. The molecule has 0 aliphatic heterocycles. The molecule has 2 aromatic rings. The van der Waals surface area contributed by atoms with Crippen LogP contribution in [0.1, 0.15) is 27.7 Å². The molecule has 0 unspecified atom stereocenters. The SMILES string of the molecule is CC.CC.O=c1[nH]c2ccccc2[nH]c1=O. The molecule has 2 N–H and O–H groups in total. The largest absolute Gasteiger partial charge is 0.316 e. The summed E-state index contributed by atoms with van der Waals surface area (Å²) in [5.41, 5.74) is 0.0478. The zero-order chi connectivity index (χ0) is 12.6. The van der Waals surface area contributed by atoms with Gasteiger partial charge in [0.1, 0.15) is 0 Å². The van der Waals surface area contributed by atoms with Crippen LogP contribution >= 0.6 is 0 Å². The maximum absolute atomic E-state index is 10.8. The number of H-pyrrole nitrogens is 2. The fraction of sp³-hybridized carbons (Fsp3) is 0.333. The Balaban J connectivity index is 0.000000509. The van der Waals surface area contributed by atoms with E-state index in [0.29, 0.717) is 11.0 Å². The Morgan fingerprint density at radius 2 is 1.06 bits per heavy atom. The highest BCUT2D eigenvalue weighted by molar-refractivity contribution is 5.72.